The third kappa shape index (κ3) is 2.27. The van der Waals surface area contributed by atoms with Crippen molar-refractivity contribution in [2.75, 3.05) is 11.4 Å². The van der Waals surface area contributed by atoms with Crippen molar-refractivity contribution in [3.05, 3.63) is 29.3 Å². The fraction of sp³-hybridized carbons (Fsp3) is 0.538. The Morgan fingerprint density at radius 3 is 2.71 bits per heavy atom. The summed E-state index contributed by atoms with van der Waals surface area (Å²) in [5, 5.41) is 0. The van der Waals surface area contributed by atoms with Crippen LogP contribution in [0.1, 0.15) is 25.3 Å². The molecule has 94 valence electrons. The van der Waals surface area contributed by atoms with Crippen molar-refractivity contribution >= 4 is 5.69 Å². The Hall–Kier alpha value is -1.16. The molecule has 1 aliphatic rings. The van der Waals surface area contributed by atoms with Gasteiger partial charge in [0.15, 0.2) is 5.82 Å². The van der Waals surface area contributed by atoms with Gasteiger partial charge in [0.1, 0.15) is 11.5 Å². The second-order valence-corrected chi connectivity index (χ2v) is 4.85. The summed E-state index contributed by atoms with van der Waals surface area (Å²) < 4.78 is 27.8. The van der Waals surface area contributed by atoms with Crippen molar-refractivity contribution in [3.63, 3.8) is 0 Å². The number of anilines is 1. The van der Waals surface area contributed by atoms with Crippen molar-refractivity contribution in [2.24, 2.45) is 5.73 Å². The molecule has 2 atom stereocenters. The SMILES string of the molecule is Cc1ccc(F)c(N2CCC(N)CC2C)c1F. The standard InChI is InChI=1S/C13H18F2N2/c1-8-3-4-11(14)13(12(8)15)17-6-5-10(16)7-9(17)2/h3-4,9-10H,5-7,16H2,1-2H3. The number of aryl methyl sites for hydroxylation is 1. The molecular weight excluding hydrogens is 222 g/mol. The number of rotatable bonds is 1. The number of halogens is 2. The van der Waals surface area contributed by atoms with Crippen LogP contribution in [-0.4, -0.2) is 18.6 Å². The van der Waals surface area contributed by atoms with Crippen LogP contribution in [0.15, 0.2) is 12.1 Å². The number of nitrogens with two attached hydrogens (primary N) is 1. The molecule has 1 fully saturated rings. The second-order valence-electron chi connectivity index (χ2n) is 4.85. The van der Waals surface area contributed by atoms with Crippen LogP contribution in [0.25, 0.3) is 0 Å². The summed E-state index contributed by atoms with van der Waals surface area (Å²) in [6.45, 7) is 4.22. The lowest BCUT2D eigenvalue weighted by Crippen LogP contribution is -2.46. The molecule has 2 rings (SSSR count). The van der Waals surface area contributed by atoms with Crippen molar-refractivity contribution in [1.29, 1.82) is 0 Å². The Bertz CT molecular complexity index is 420. The van der Waals surface area contributed by atoms with E-state index in [0.717, 1.165) is 12.8 Å². The first-order valence-corrected chi connectivity index (χ1v) is 5.97. The van der Waals surface area contributed by atoms with Crippen molar-refractivity contribution in [3.8, 4) is 0 Å². The molecule has 0 bridgehead atoms. The van der Waals surface area contributed by atoms with Crippen LogP contribution >= 0.6 is 0 Å². The molecule has 0 amide bonds. The lowest BCUT2D eigenvalue weighted by molar-refractivity contribution is 0.418. The lowest BCUT2D eigenvalue weighted by Gasteiger charge is -2.38. The molecule has 0 radical (unpaired) electrons. The molecule has 1 saturated heterocycles. The second kappa shape index (κ2) is 4.61. The number of benzene rings is 1. The minimum Gasteiger partial charge on any atom is -0.364 e. The maximum Gasteiger partial charge on any atom is 0.152 e. The number of piperidine rings is 1. The van der Waals surface area contributed by atoms with Crippen LogP contribution in [0.3, 0.4) is 0 Å². The molecule has 4 heteroatoms. The van der Waals surface area contributed by atoms with Gasteiger partial charge in [0, 0.05) is 18.6 Å². The van der Waals surface area contributed by atoms with Gasteiger partial charge in [-0.05, 0) is 38.3 Å². The summed E-state index contributed by atoms with van der Waals surface area (Å²) in [7, 11) is 0. The third-order valence-electron chi connectivity index (χ3n) is 3.46. The van der Waals surface area contributed by atoms with Crippen LogP contribution in [0.2, 0.25) is 0 Å². The van der Waals surface area contributed by atoms with Gasteiger partial charge in [0.05, 0.1) is 0 Å². The van der Waals surface area contributed by atoms with Crippen LogP contribution in [-0.2, 0) is 0 Å². The summed E-state index contributed by atoms with van der Waals surface area (Å²) in [5.74, 6) is -0.942. The number of nitrogens with zero attached hydrogens (tertiary/aromatic N) is 1. The smallest absolute Gasteiger partial charge is 0.152 e. The summed E-state index contributed by atoms with van der Waals surface area (Å²) in [5.41, 5.74) is 6.43. The Morgan fingerprint density at radius 1 is 1.35 bits per heavy atom. The molecule has 1 aromatic carbocycles. The molecular formula is C13H18F2N2. The highest BCUT2D eigenvalue weighted by Crippen LogP contribution is 2.30. The van der Waals surface area contributed by atoms with Crippen molar-refractivity contribution < 1.29 is 8.78 Å². The first-order chi connectivity index (χ1) is 8.00. The van der Waals surface area contributed by atoms with E-state index in [0.29, 0.717) is 12.1 Å². The van der Waals surface area contributed by atoms with E-state index < -0.39 is 11.6 Å². The zero-order valence-corrected chi connectivity index (χ0v) is 10.2. The minimum absolute atomic E-state index is 0.0737. The van der Waals surface area contributed by atoms with Crippen molar-refractivity contribution in [2.45, 2.75) is 38.8 Å². The predicted molar refractivity (Wildman–Crippen MR) is 65.1 cm³/mol. The molecule has 0 spiro atoms. The highest BCUT2D eigenvalue weighted by Gasteiger charge is 2.27. The Morgan fingerprint density at radius 2 is 2.06 bits per heavy atom. The van der Waals surface area contributed by atoms with Crippen LogP contribution in [0, 0.1) is 18.6 Å². The van der Waals surface area contributed by atoms with E-state index in [4.69, 9.17) is 5.73 Å². The van der Waals surface area contributed by atoms with E-state index in [2.05, 4.69) is 0 Å². The fourth-order valence-corrected chi connectivity index (χ4v) is 2.45. The maximum absolute atomic E-state index is 14.0. The topological polar surface area (TPSA) is 29.3 Å². The first-order valence-electron chi connectivity index (χ1n) is 5.97. The molecule has 2 unspecified atom stereocenters. The lowest BCUT2D eigenvalue weighted by atomic mass is 9.98. The zero-order valence-electron chi connectivity index (χ0n) is 10.2. The van der Waals surface area contributed by atoms with Gasteiger partial charge in [-0.1, -0.05) is 6.07 Å². The van der Waals surface area contributed by atoms with Crippen LogP contribution in [0.4, 0.5) is 14.5 Å². The van der Waals surface area contributed by atoms with E-state index in [1.165, 1.54) is 12.1 Å². The average molecular weight is 240 g/mol. The Kier molecular flexibility index (Phi) is 3.33. The highest BCUT2D eigenvalue weighted by atomic mass is 19.1. The average Bonchev–Trinajstić information content (AvgIpc) is 2.27. The van der Waals surface area contributed by atoms with E-state index in [9.17, 15) is 8.78 Å². The Balaban J connectivity index is 2.37. The van der Waals surface area contributed by atoms with Crippen LogP contribution in [0.5, 0.6) is 0 Å². The third-order valence-corrected chi connectivity index (χ3v) is 3.46. The summed E-state index contributed by atoms with van der Waals surface area (Å²) in [6, 6.07) is 3.01. The molecule has 2 N–H and O–H groups in total. The predicted octanol–water partition coefficient (Wildman–Crippen LogP) is 2.59. The highest BCUT2D eigenvalue weighted by molar-refractivity contribution is 5.52. The minimum atomic E-state index is -0.490. The van der Waals surface area contributed by atoms with Crippen molar-refractivity contribution in [1.82, 2.24) is 0 Å². The first kappa shape index (κ1) is 12.3. The van der Waals surface area contributed by atoms with Crippen LogP contribution < -0.4 is 10.6 Å². The van der Waals surface area contributed by atoms with E-state index in [1.807, 2.05) is 6.92 Å². The van der Waals surface area contributed by atoms with E-state index >= 15 is 0 Å². The van der Waals surface area contributed by atoms with Gasteiger partial charge in [-0.3, -0.25) is 0 Å². The molecule has 1 aliphatic heterocycles. The van der Waals surface area contributed by atoms with Gasteiger partial charge in [0.2, 0.25) is 0 Å². The number of hydrogen-bond acceptors (Lipinski definition) is 2. The molecule has 17 heavy (non-hydrogen) atoms. The van der Waals surface area contributed by atoms with Gasteiger partial charge in [0.25, 0.3) is 0 Å². The molecule has 0 aromatic heterocycles. The quantitative estimate of drug-likeness (QED) is 0.817. The summed E-state index contributed by atoms with van der Waals surface area (Å²) >= 11 is 0. The van der Waals surface area contributed by atoms with Gasteiger partial charge in [-0.25, -0.2) is 8.78 Å². The zero-order chi connectivity index (χ0) is 12.6. The molecule has 1 aromatic rings. The Labute approximate surface area is 100 Å². The van der Waals surface area contributed by atoms with Gasteiger partial charge < -0.3 is 10.6 Å². The largest absolute Gasteiger partial charge is 0.364 e. The van der Waals surface area contributed by atoms with E-state index in [-0.39, 0.29) is 17.8 Å². The summed E-state index contributed by atoms with van der Waals surface area (Å²) in [4.78, 5) is 1.79. The van der Waals surface area contributed by atoms with Gasteiger partial charge in [-0.2, -0.15) is 0 Å². The molecule has 2 nitrogen and oxygen atoms in total. The van der Waals surface area contributed by atoms with Gasteiger partial charge >= 0.3 is 0 Å². The normalized spacial score (nSPS) is 25.1. The number of hydrogen-bond donors (Lipinski definition) is 1. The monoisotopic (exact) mass is 240 g/mol. The fourth-order valence-electron chi connectivity index (χ4n) is 2.45. The van der Waals surface area contributed by atoms with Gasteiger partial charge in [-0.15, -0.1) is 0 Å². The summed E-state index contributed by atoms with van der Waals surface area (Å²) in [6.07, 6.45) is 1.55. The maximum atomic E-state index is 14.0. The molecule has 1 heterocycles. The molecule has 0 aliphatic carbocycles. The van der Waals surface area contributed by atoms with E-state index in [1.54, 1.807) is 11.8 Å². The molecule has 0 saturated carbocycles.